The van der Waals surface area contributed by atoms with Gasteiger partial charge in [-0.1, -0.05) is 25.4 Å². The van der Waals surface area contributed by atoms with Crippen molar-refractivity contribution in [3.63, 3.8) is 0 Å². The van der Waals surface area contributed by atoms with Gasteiger partial charge in [-0.3, -0.25) is 0 Å². The summed E-state index contributed by atoms with van der Waals surface area (Å²) in [4.78, 5) is 4.73. The van der Waals surface area contributed by atoms with Crippen LogP contribution in [0.15, 0.2) is 18.2 Å². The molecule has 2 aromatic rings. The SMILES string of the molecule is CCCn1c(C(C)NCC)nc2ccc(Cl)cc21. The van der Waals surface area contributed by atoms with Crippen LogP contribution in [0.3, 0.4) is 0 Å². The van der Waals surface area contributed by atoms with Crippen LogP contribution < -0.4 is 5.32 Å². The summed E-state index contributed by atoms with van der Waals surface area (Å²) in [6, 6.07) is 6.15. The third kappa shape index (κ3) is 2.52. The predicted molar refractivity (Wildman–Crippen MR) is 77.1 cm³/mol. The van der Waals surface area contributed by atoms with Gasteiger partial charge in [0.15, 0.2) is 0 Å². The first-order chi connectivity index (χ1) is 8.67. The summed E-state index contributed by atoms with van der Waals surface area (Å²) in [5.74, 6) is 1.09. The largest absolute Gasteiger partial charge is 0.327 e. The lowest BCUT2D eigenvalue weighted by Gasteiger charge is -2.14. The number of aryl methyl sites for hydroxylation is 1. The molecule has 0 aliphatic heterocycles. The molecule has 1 aromatic heterocycles. The number of aromatic nitrogens is 2. The Hall–Kier alpha value is -1.06. The van der Waals surface area contributed by atoms with Crippen molar-refractivity contribution in [1.29, 1.82) is 0 Å². The smallest absolute Gasteiger partial charge is 0.126 e. The lowest BCUT2D eigenvalue weighted by molar-refractivity contribution is 0.527. The highest BCUT2D eigenvalue weighted by molar-refractivity contribution is 6.31. The molecule has 1 N–H and O–H groups in total. The normalized spacial score (nSPS) is 13.1. The van der Waals surface area contributed by atoms with Crippen molar-refractivity contribution in [3.8, 4) is 0 Å². The van der Waals surface area contributed by atoms with Crippen molar-refractivity contribution in [1.82, 2.24) is 14.9 Å². The fraction of sp³-hybridized carbons (Fsp3) is 0.500. The molecule has 4 heteroatoms. The molecule has 0 fully saturated rings. The molecule has 98 valence electrons. The number of benzene rings is 1. The molecule has 1 aromatic carbocycles. The number of rotatable bonds is 5. The molecule has 0 aliphatic rings. The minimum absolute atomic E-state index is 0.257. The van der Waals surface area contributed by atoms with Crippen LogP contribution in [0.4, 0.5) is 0 Å². The van der Waals surface area contributed by atoms with Crippen LogP contribution in [0.5, 0.6) is 0 Å². The number of halogens is 1. The van der Waals surface area contributed by atoms with Crippen LogP contribution >= 0.6 is 11.6 Å². The Balaban J connectivity index is 2.54. The maximum atomic E-state index is 6.08. The molecular weight excluding hydrogens is 246 g/mol. The number of hydrogen-bond donors (Lipinski definition) is 1. The third-order valence-electron chi connectivity index (χ3n) is 3.08. The summed E-state index contributed by atoms with van der Waals surface area (Å²) in [5, 5.41) is 4.19. The van der Waals surface area contributed by atoms with E-state index >= 15 is 0 Å². The fourth-order valence-corrected chi connectivity index (χ4v) is 2.47. The van der Waals surface area contributed by atoms with Gasteiger partial charge >= 0.3 is 0 Å². The Labute approximate surface area is 113 Å². The molecule has 0 saturated heterocycles. The second-order valence-electron chi connectivity index (χ2n) is 4.53. The average Bonchev–Trinajstić information content (AvgIpc) is 2.69. The van der Waals surface area contributed by atoms with Gasteiger partial charge in [0, 0.05) is 11.6 Å². The summed E-state index contributed by atoms with van der Waals surface area (Å²) in [7, 11) is 0. The molecule has 0 amide bonds. The van der Waals surface area contributed by atoms with Crippen LogP contribution in [0.1, 0.15) is 39.1 Å². The second-order valence-corrected chi connectivity index (χ2v) is 4.97. The molecule has 0 aliphatic carbocycles. The van der Waals surface area contributed by atoms with E-state index in [1.807, 2.05) is 18.2 Å². The van der Waals surface area contributed by atoms with E-state index in [2.05, 4.69) is 30.7 Å². The van der Waals surface area contributed by atoms with Gasteiger partial charge in [0.25, 0.3) is 0 Å². The van der Waals surface area contributed by atoms with Crippen LogP contribution in [-0.4, -0.2) is 16.1 Å². The van der Waals surface area contributed by atoms with Crippen molar-refractivity contribution in [2.24, 2.45) is 0 Å². The molecule has 1 unspecified atom stereocenters. The quantitative estimate of drug-likeness (QED) is 0.892. The first-order valence-electron chi connectivity index (χ1n) is 6.56. The maximum absolute atomic E-state index is 6.08. The lowest BCUT2D eigenvalue weighted by Crippen LogP contribution is -2.21. The topological polar surface area (TPSA) is 29.9 Å². The zero-order chi connectivity index (χ0) is 13.1. The minimum Gasteiger partial charge on any atom is -0.327 e. The van der Waals surface area contributed by atoms with E-state index in [0.717, 1.165) is 41.4 Å². The minimum atomic E-state index is 0.257. The van der Waals surface area contributed by atoms with E-state index in [1.54, 1.807) is 0 Å². The van der Waals surface area contributed by atoms with Crippen LogP contribution in [0, 0.1) is 0 Å². The number of nitrogens with one attached hydrogen (secondary N) is 1. The van der Waals surface area contributed by atoms with Crippen molar-refractivity contribution < 1.29 is 0 Å². The van der Waals surface area contributed by atoms with E-state index in [1.165, 1.54) is 0 Å². The van der Waals surface area contributed by atoms with Gasteiger partial charge in [0.05, 0.1) is 17.1 Å². The summed E-state index contributed by atoms with van der Waals surface area (Å²) >= 11 is 6.08. The van der Waals surface area contributed by atoms with E-state index < -0.39 is 0 Å². The van der Waals surface area contributed by atoms with Gasteiger partial charge in [-0.05, 0) is 38.1 Å². The predicted octanol–water partition coefficient (Wildman–Crippen LogP) is 3.77. The monoisotopic (exact) mass is 265 g/mol. The molecule has 0 spiro atoms. The molecule has 0 radical (unpaired) electrons. The highest BCUT2D eigenvalue weighted by atomic mass is 35.5. The summed E-state index contributed by atoms with van der Waals surface area (Å²) < 4.78 is 2.27. The Kier molecular flexibility index (Phi) is 4.25. The lowest BCUT2D eigenvalue weighted by atomic mass is 10.3. The van der Waals surface area contributed by atoms with E-state index in [0.29, 0.717) is 0 Å². The number of imidazole rings is 1. The maximum Gasteiger partial charge on any atom is 0.126 e. The first-order valence-corrected chi connectivity index (χ1v) is 6.94. The van der Waals surface area contributed by atoms with Crippen LogP contribution in [0.25, 0.3) is 11.0 Å². The number of hydrogen-bond acceptors (Lipinski definition) is 2. The summed E-state index contributed by atoms with van der Waals surface area (Å²) in [6.45, 7) is 8.36. The van der Waals surface area contributed by atoms with Gasteiger partial charge in [0.1, 0.15) is 5.82 Å². The van der Waals surface area contributed by atoms with Gasteiger partial charge in [-0.2, -0.15) is 0 Å². The van der Waals surface area contributed by atoms with Crippen LogP contribution in [-0.2, 0) is 6.54 Å². The van der Waals surface area contributed by atoms with E-state index in [4.69, 9.17) is 16.6 Å². The van der Waals surface area contributed by atoms with Gasteiger partial charge < -0.3 is 9.88 Å². The van der Waals surface area contributed by atoms with Crippen molar-refractivity contribution in [2.45, 2.75) is 39.8 Å². The van der Waals surface area contributed by atoms with E-state index in [-0.39, 0.29) is 6.04 Å². The standard InChI is InChI=1S/C14H20ClN3/c1-4-8-18-13-9-11(15)6-7-12(13)17-14(18)10(3)16-5-2/h6-7,9-10,16H,4-5,8H2,1-3H3. The number of fused-ring (bicyclic) bond motifs is 1. The Bertz CT molecular complexity index is 533. The average molecular weight is 266 g/mol. The molecular formula is C14H20ClN3. The molecule has 3 nitrogen and oxygen atoms in total. The molecule has 0 saturated carbocycles. The molecule has 1 atom stereocenters. The molecule has 1 heterocycles. The first kappa shape index (κ1) is 13.4. The van der Waals surface area contributed by atoms with E-state index in [9.17, 15) is 0 Å². The summed E-state index contributed by atoms with van der Waals surface area (Å²) in [6.07, 6.45) is 1.09. The summed E-state index contributed by atoms with van der Waals surface area (Å²) in [5.41, 5.74) is 2.15. The highest BCUT2D eigenvalue weighted by Gasteiger charge is 2.15. The third-order valence-corrected chi connectivity index (χ3v) is 3.32. The van der Waals surface area contributed by atoms with Crippen molar-refractivity contribution >= 4 is 22.6 Å². The van der Waals surface area contributed by atoms with Gasteiger partial charge in [0.2, 0.25) is 0 Å². The van der Waals surface area contributed by atoms with Gasteiger partial charge in [-0.15, -0.1) is 0 Å². The highest BCUT2D eigenvalue weighted by Crippen LogP contribution is 2.24. The molecule has 0 bridgehead atoms. The fourth-order valence-electron chi connectivity index (χ4n) is 2.30. The van der Waals surface area contributed by atoms with Crippen molar-refractivity contribution in [3.05, 3.63) is 29.0 Å². The van der Waals surface area contributed by atoms with Crippen LogP contribution in [0.2, 0.25) is 5.02 Å². The Morgan fingerprint density at radius 1 is 1.39 bits per heavy atom. The molecule has 18 heavy (non-hydrogen) atoms. The Morgan fingerprint density at radius 3 is 2.83 bits per heavy atom. The number of nitrogens with zero attached hydrogens (tertiary/aromatic N) is 2. The Morgan fingerprint density at radius 2 is 2.17 bits per heavy atom. The van der Waals surface area contributed by atoms with Gasteiger partial charge in [-0.25, -0.2) is 4.98 Å². The van der Waals surface area contributed by atoms with Crippen molar-refractivity contribution in [2.75, 3.05) is 6.54 Å². The zero-order valence-corrected chi connectivity index (χ0v) is 12.0. The second kappa shape index (κ2) is 5.72. The zero-order valence-electron chi connectivity index (χ0n) is 11.2. The molecule has 2 rings (SSSR count).